The number of anilines is 1. The van der Waals surface area contributed by atoms with Crippen LogP contribution in [0.2, 0.25) is 0 Å². The highest BCUT2D eigenvalue weighted by molar-refractivity contribution is 5.95. The van der Waals surface area contributed by atoms with Gasteiger partial charge < -0.3 is 10.1 Å². The summed E-state index contributed by atoms with van der Waals surface area (Å²) in [5.74, 6) is -0.201. The third kappa shape index (κ3) is 4.59. The van der Waals surface area contributed by atoms with Gasteiger partial charge in [-0.2, -0.15) is 0 Å². The summed E-state index contributed by atoms with van der Waals surface area (Å²) in [5, 5.41) is 5.35. The number of aromatic nitrogens is 1. The minimum absolute atomic E-state index is 0.201. The van der Waals surface area contributed by atoms with Crippen molar-refractivity contribution >= 4 is 17.7 Å². The molecule has 0 aliphatic rings. The molecule has 6 nitrogen and oxygen atoms in total. The smallest absolute Gasteiger partial charge is 0.411 e. The molecule has 0 fully saturated rings. The van der Waals surface area contributed by atoms with Crippen molar-refractivity contribution in [3.63, 3.8) is 0 Å². The fraction of sp³-hybridized carbons (Fsp3) is 0.188. The molecule has 114 valence electrons. The number of hydrogen-bond acceptors (Lipinski definition) is 4. The highest BCUT2D eigenvalue weighted by Crippen LogP contribution is 2.10. The summed E-state index contributed by atoms with van der Waals surface area (Å²) in [5.41, 5.74) is 1.86. The SMILES string of the molecule is CCOC(=O)Nc1ccc(C(=O)NCc2ccccn2)cc1. The van der Waals surface area contributed by atoms with Crippen LogP contribution in [-0.4, -0.2) is 23.6 Å². The molecule has 1 heterocycles. The summed E-state index contributed by atoms with van der Waals surface area (Å²) in [6, 6.07) is 12.1. The van der Waals surface area contributed by atoms with E-state index in [2.05, 4.69) is 15.6 Å². The van der Waals surface area contributed by atoms with E-state index in [9.17, 15) is 9.59 Å². The van der Waals surface area contributed by atoms with E-state index in [0.29, 0.717) is 24.4 Å². The minimum atomic E-state index is -0.519. The Kier molecular flexibility index (Phi) is 5.48. The predicted molar refractivity (Wildman–Crippen MR) is 82.5 cm³/mol. The van der Waals surface area contributed by atoms with Crippen molar-refractivity contribution in [2.45, 2.75) is 13.5 Å². The van der Waals surface area contributed by atoms with Gasteiger partial charge in [0, 0.05) is 17.4 Å². The van der Waals surface area contributed by atoms with Gasteiger partial charge in [-0.15, -0.1) is 0 Å². The van der Waals surface area contributed by atoms with Crippen molar-refractivity contribution in [1.29, 1.82) is 0 Å². The Hall–Kier alpha value is -2.89. The number of nitrogens with zero attached hydrogens (tertiary/aromatic N) is 1. The lowest BCUT2D eigenvalue weighted by Gasteiger charge is -2.07. The zero-order valence-corrected chi connectivity index (χ0v) is 12.2. The van der Waals surface area contributed by atoms with Crippen molar-refractivity contribution < 1.29 is 14.3 Å². The highest BCUT2D eigenvalue weighted by atomic mass is 16.5. The molecule has 1 aromatic carbocycles. The van der Waals surface area contributed by atoms with Crippen molar-refractivity contribution in [2.24, 2.45) is 0 Å². The Morgan fingerprint density at radius 3 is 2.55 bits per heavy atom. The molecule has 0 spiro atoms. The molecule has 0 aliphatic carbocycles. The zero-order chi connectivity index (χ0) is 15.8. The van der Waals surface area contributed by atoms with E-state index in [0.717, 1.165) is 5.69 Å². The van der Waals surface area contributed by atoms with Gasteiger partial charge in [-0.05, 0) is 43.3 Å². The van der Waals surface area contributed by atoms with Crippen LogP contribution in [0.1, 0.15) is 23.0 Å². The minimum Gasteiger partial charge on any atom is -0.450 e. The summed E-state index contributed by atoms with van der Waals surface area (Å²) in [7, 11) is 0. The zero-order valence-electron chi connectivity index (χ0n) is 12.2. The highest BCUT2D eigenvalue weighted by Gasteiger charge is 2.07. The summed E-state index contributed by atoms with van der Waals surface area (Å²) in [4.78, 5) is 27.4. The first kappa shape index (κ1) is 15.5. The van der Waals surface area contributed by atoms with Crippen LogP contribution in [0.4, 0.5) is 10.5 Å². The molecule has 0 unspecified atom stereocenters. The first-order valence-electron chi connectivity index (χ1n) is 6.91. The number of nitrogens with one attached hydrogen (secondary N) is 2. The van der Waals surface area contributed by atoms with Gasteiger partial charge in [0.25, 0.3) is 5.91 Å². The topological polar surface area (TPSA) is 80.3 Å². The number of carbonyl (C=O) groups excluding carboxylic acids is 2. The van der Waals surface area contributed by atoms with Gasteiger partial charge in [0.2, 0.25) is 0 Å². The number of carbonyl (C=O) groups is 2. The normalized spacial score (nSPS) is 9.86. The molecule has 22 heavy (non-hydrogen) atoms. The first-order chi connectivity index (χ1) is 10.7. The second-order valence-corrected chi connectivity index (χ2v) is 4.43. The van der Waals surface area contributed by atoms with Crippen LogP contribution in [0.25, 0.3) is 0 Å². The maximum Gasteiger partial charge on any atom is 0.411 e. The van der Waals surface area contributed by atoms with Gasteiger partial charge in [-0.3, -0.25) is 15.1 Å². The van der Waals surface area contributed by atoms with Crippen LogP contribution in [-0.2, 0) is 11.3 Å². The van der Waals surface area contributed by atoms with Crippen LogP contribution < -0.4 is 10.6 Å². The van der Waals surface area contributed by atoms with Crippen molar-refractivity contribution in [2.75, 3.05) is 11.9 Å². The maximum absolute atomic E-state index is 12.0. The lowest BCUT2D eigenvalue weighted by molar-refractivity contribution is 0.0950. The van der Waals surface area contributed by atoms with Gasteiger partial charge in [0.05, 0.1) is 18.8 Å². The van der Waals surface area contributed by atoms with Gasteiger partial charge in [-0.25, -0.2) is 4.79 Å². The molecule has 0 aliphatic heterocycles. The van der Waals surface area contributed by atoms with E-state index >= 15 is 0 Å². The summed E-state index contributed by atoms with van der Waals surface area (Å²) < 4.78 is 4.77. The quantitative estimate of drug-likeness (QED) is 0.889. The Labute approximate surface area is 128 Å². The van der Waals surface area contributed by atoms with Gasteiger partial charge >= 0.3 is 6.09 Å². The molecule has 2 amide bonds. The second kappa shape index (κ2) is 7.78. The molecular formula is C16H17N3O3. The molecule has 0 bridgehead atoms. The van der Waals surface area contributed by atoms with E-state index in [-0.39, 0.29) is 5.91 Å². The standard InChI is InChI=1S/C16H17N3O3/c1-2-22-16(21)19-13-8-6-12(7-9-13)15(20)18-11-14-5-3-4-10-17-14/h3-10H,2,11H2,1H3,(H,18,20)(H,19,21). The third-order valence-electron chi connectivity index (χ3n) is 2.83. The number of amides is 2. The molecular weight excluding hydrogens is 282 g/mol. The molecule has 2 N–H and O–H groups in total. The van der Waals surface area contributed by atoms with E-state index < -0.39 is 6.09 Å². The Morgan fingerprint density at radius 2 is 1.91 bits per heavy atom. The van der Waals surface area contributed by atoms with Crippen LogP contribution in [0.15, 0.2) is 48.7 Å². The van der Waals surface area contributed by atoms with E-state index in [1.165, 1.54) is 0 Å². The predicted octanol–water partition coefficient (Wildman–Crippen LogP) is 2.58. The monoisotopic (exact) mass is 299 g/mol. The molecule has 0 saturated heterocycles. The fourth-order valence-corrected chi connectivity index (χ4v) is 1.77. The average molecular weight is 299 g/mol. The molecule has 2 aromatic rings. The van der Waals surface area contributed by atoms with Crippen molar-refractivity contribution in [1.82, 2.24) is 10.3 Å². The Morgan fingerprint density at radius 1 is 1.14 bits per heavy atom. The molecule has 2 rings (SSSR count). The van der Waals surface area contributed by atoms with Crippen LogP contribution in [0, 0.1) is 0 Å². The lowest BCUT2D eigenvalue weighted by atomic mass is 10.2. The molecule has 0 atom stereocenters. The van der Waals surface area contributed by atoms with Crippen LogP contribution in [0.3, 0.4) is 0 Å². The number of hydrogen-bond donors (Lipinski definition) is 2. The van der Waals surface area contributed by atoms with Gasteiger partial charge in [0.1, 0.15) is 0 Å². The number of pyridine rings is 1. The van der Waals surface area contributed by atoms with E-state index in [1.807, 2.05) is 18.2 Å². The summed E-state index contributed by atoms with van der Waals surface area (Å²) in [6.07, 6.45) is 1.16. The van der Waals surface area contributed by atoms with Crippen molar-refractivity contribution in [3.05, 3.63) is 59.9 Å². The summed E-state index contributed by atoms with van der Waals surface area (Å²) >= 11 is 0. The van der Waals surface area contributed by atoms with Crippen molar-refractivity contribution in [3.8, 4) is 0 Å². The molecule has 1 aromatic heterocycles. The van der Waals surface area contributed by atoms with Crippen LogP contribution >= 0.6 is 0 Å². The Bertz CT molecular complexity index is 627. The number of ether oxygens (including phenoxy) is 1. The van der Waals surface area contributed by atoms with Crippen LogP contribution in [0.5, 0.6) is 0 Å². The Balaban J connectivity index is 1.89. The number of rotatable bonds is 5. The second-order valence-electron chi connectivity index (χ2n) is 4.43. The van der Waals surface area contributed by atoms with E-state index in [1.54, 1.807) is 37.4 Å². The number of benzene rings is 1. The fourth-order valence-electron chi connectivity index (χ4n) is 1.77. The molecule has 0 saturated carbocycles. The largest absolute Gasteiger partial charge is 0.450 e. The lowest BCUT2D eigenvalue weighted by Crippen LogP contribution is -2.23. The summed E-state index contributed by atoms with van der Waals surface area (Å²) in [6.45, 7) is 2.40. The molecule has 6 heteroatoms. The maximum atomic E-state index is 12.0. The first-order valence-corrected chi connectivity index (χ1v) is 6.91. The van der Waals surface area contributed by atoms with Gasteiger partial charge in [-0.1, -0.05) is 6.07 Å². The third-order valence-corrected chi connectivity index (χ3v) is 2.83. The molecule has 0 radical (unpaired) electrons. The van der Waals surface area contributed by atoms with E-state index in [4.69, 9.17) is 4.74 Å². The van der Waals surface area contributed by atoms with Gasteiger partial charge in [0.15, 0.2) is 0 Å². The average Bonchev–Trinajstić information content (AvgIpc) is 2.54.